The van der Waals surface area contributed by atoms with Crippen LogP contribution in [0.1, 0.15) is 5.69 Å². The van der Waals surface area contributed by atoms with E-state index in [1.807, 2.05) is 0 Å². The minimum Gasteiger partial charge on any atom is -0.332 e. The Morgan fingerprint density at radius 1 is 1.43 bits per heavy atom. The number of hydrogen-bond acceptors (Lipinski definition) is 7. The van der Waals surface area contributed by atoms with Crippen LogP contribution < -0.4 is 16.6 Å². The normalized spacial score (nSPS) is 10.3. The van der Waals surface area contributed by atoms with Crippen LogP contribution in [0.3, 0.4) is 0 Å². The number of benzene rings is 1. The molecule has 0 radical (unpaired) electrons. The van der Waals surface area contributed by atoms with Crippen LogP contribution in [0.5, 0.6) is 0 Å². The predicted molar refractivity (Wildman–Crippen MR) is 78.6 cm³/mol. The molecular formula is C11H10BrFN6O2. The lowest BCUT2D eigenvalue weighted by Crippen LogP contribution is -2.13. The lowest BCUT2D eigenvalue weighted by molar-refractivity contribution is -0.385. The van der Waals surface area contributed by atoms with Crippen molar-refractivity contribution in [2.75, 3.05) is 10.7 Å². The van der Waals surface area contributed by atoms with Crippen LogP contribution >= 0.6 is 15.9 Å². The Labute approximate surface area is 126 Å². The molecule has 0 amide bonds. The summed E-state index contributed by atoms with van der Waals surface area (Å²) < 4.78 is 14.4. The zero-order chi connectivity index (χ0) is 15.6. The number of rotatable bonds is 4. The quantitative estimate of drug-likeness (QED) is 0.437. The Kier molecular flexibility index (Phi) is 4.29. The summed E-state index contributed by atoms with van der Waals surface area (Å²) >= 11 is 3.13. The number of nitro groups is 1. The van der Waals surface area contributed by atoms with Gasteiger partial charge in [-0.1, -0.05) is 15.9 Å². The third kappa shape index (κ3) is 3.23. The number of nitrogen functional groups attached to an aromatic ring is 1. The minimum atomic E-state index is -0.644. The largest absolute Gasteiger partial charge is 0.332 e. The van der Waals surface area contributed by atoms with Gasteiger partial charge >= 0.3 is 5.69 Å². The maximum Gasteiger partial charge on any atom is 0.332 e. The van der Waals surface area contributed by atoms with Gasteiger partial charge in [-0.15, -0.1) is 0 Å². The molecule has 110 valence electrons. The monoisotopic (exact) mass is 356 g/mol. The zero-order valence-corrected chi connectivity index (χ0v) is 12.3. The van der Waals surface area contributed by atoms with E-state index < -0.39 is 10.7 Å². The third-order valence-corrected chi connectivity index (χ3v) is 3.05. The van der Waals surface area contributed by atoms with E-state index in [9.17, 15) is 14.5 Å². The highest BCUT2D eigenvalue weighted by atomic mass is 79.9. The van der Waals surface area contributed by atoms with E-state index in [-0.39, 0.29) is 28.8 Å². The molecule has 0 atom stereocenters. The average Bonchev–Trinajstić information content (AvgIpc) is 2.40. The van der Waals surface area contributed by atoms with E-state index in [0.717, 1.165) is 0 Å². The van der Waals surface area contributed by atoms with Crippen LogP contribution in [0, 0.1) is 22.9 Å². The lowest BCUT2D eigenvalue weighted by atomic mass is 10.3. The molecule has 1 aromatic heterocycles. The van der Waals surface area contributed by atoms with Crippen LogP contribution in [-0.2, 0) is 0 Å². The van der Waals surface area contributed by atoms with Crippen molar-refractivity contribution in [3.05, 3.63) is 44.3 Å². The van der Waals surface area contributed by atoms with Gasteiger partial charge in [0.1, 0.15) is 11.5 Å². The van der Waals surface area contributed by atoms with E-state index in [0.29, 0.717) is 4.47 Å². The van der Waals surface area contributed by atoms with E-state index >= 15 is 0 Å². The van der Waals surface area contributed by atoms with Crippen molar-refractivity contribution >= 4 is 39.1 Å². The molecule has 0 saturated carbocycles. The fourth-order valence-corrected chi connectivity index (χ4v) is 1.99. The predicted octanol–water partition coefficient (Wildman–Crippen LogP) is 2.62. The van der Waals surface area contributed by atoms with Crippen LogP contribution in [-0.4, -0.2) is 14.9 Å². The summed E-state index contributed by atoms with van der Waals surface area (Å²) in [5.41, 5.74) is 1.99. The smallest absolute Gasteiger partial charge is 0.332 e. The van der Waals surface area contributed by atoms with Crippen LogP contribution in [0.25, 0.3) is 0 Å². The van der Waals surface area contributed by atoms with Gasteiger partial charge in [-0.2, -0.15) is 4.98 Å². The van der Waals surface area contributed by atoms with Crippen molar-refractivity contribution in [3.63, 3.8) is 0 Å². The fraction of sp³-hybridized carbons (Fsp3) is 0.0909. The molecule has 21 heavy (non-hydrogen) atoms. The van der Waals surface area contributed by atoms with E-state index in [4.69, 9.17) is 5.84 Å². The second-order valence-electron chi connectivity index (χ2n) is 3.98. The second kappa shape index (κ2) is 5.97. The molecule has 0 aliphatic heterocycles. The lowest BCUT2D eigenvalue weighted by Gasteiger charge is -2.10. The molecule has 10 heteroatoms. The zero-order valence-electron chi connectivity index (χ0n) is 10.7. The number of nitrogens with one attached hydrogen (secondary N) is 2. The molecule has 0 aliphatic carbocycles. The topological polar surface area (TPSA) is 119 Å². The summed E-state index contributed by atoms with van der Waals surface area (Å²) in [5, 5.41) is 13.7. The van der Waals surface area contributed by atoms with Crippen LogP contribution in [0.4, 0.5) is 27.5 Å². The van der Waals surface area contributed by atoms with Gasteiger partial charge in [0.15, 0.2) is 0 Å². The van der Waals surface area contributed by atoms with Crippen molar-refractivity contribution in [2.24, 2.45) is 5.84 Å². The molecule has 2 rings (SSSR count). The maximum atomic E-state index is 13.8. The number of aromatic nitrogens is 2. The molecule has 0 unspecified atom stereocenters. The standard InChI is InChI=1S/C11H10BrFN6O2/c1-5-9(19(20)21)10(17-11(15-5)18-14)16-8-3-2-6(12)4-7(8)13/h2-4H,14H2,1H3,(H2,15,16,17,18). The highest BCUT2D eigenvalue weighted by molar-refractivity contribution is 9.10. The summed E-state index contributed by atoms with van der Waals surface area (Å²) in [5.74, 6) is 4.45. The van der Waals surface area contributed by atoms with Crippen molar-refractivity contribution in [1.82, 2.24) is 9.97 Å². The molecule has 4 N–H and O–H groups in total. The number of anilines is 3. The summed E-state index contributed by atoms with van der Waals surface area (Å²) in [7, 11) is 0. The van der Waals surface area contributed by atoms with Gasteiger partial charge in [0.2, 0.25) is 11.8 Å². The maximum absolute atomic E-state index is 13.8. The van der Waals surface area contributed by atoms with E-state index in [2.05, 4.69) is 36.6 Å². The number of aryl methyl sites for hydroxylation is 1. The van der Waals surface area contributed by atoms with Gasteiger partial charge in [0, 0.05) is 4.47 Å². The number of halogens is 2. The van der Waals surface area contributed by atoms with Gasteiger partial charge in [-0.25, -0.2) is 15.2 Å². The van der Waals surface area contributed by atoms with Crippen molar-refractivity contribution in [3.8, 4) is 0 Å². The van der Waals surface area contributed by atoms with Crippen LogP contribution in [0.2, 0.25) is 0 Å². The van der Waals surface area contributed by atoms with Crippen molar-refractivity contribution in [2.45, 2.75) is 6.92 Å². The first-order valence-corrected chi connectivity index (χ1v) is 6.43. The van der Waals surface area contributed by atoms with Crippen LogP contribution in [0.15, 0.2) is 22.7 Å². The summed E-state index contributed by atoms with van der Waals surface area (Å²) in [6.07, 6.45) is 0. The van der Waals surface area contributed by atoms with Gasteiger partial charge in [0.05, 0.1) is 10.6 Å². The molecule has 0 spiro atoms. The second-order valence-corrected chi connectivity index (χ2v) is 4.90. The average molecular weight is 357 g/mol. The minimum absolute atomic E-state index is 0.0156. The number of hydrogen-bond donors (Lipinski definition) is 3. The highest BCUT2D eigenvalue weighted by Gasteiger charge is 2.22. The molecule has 2 aromatic rings. The van der Waals surface area contributed by atoms with Gasteiger partial charge < -0.3 is 5.32 Å². The number of hydrazine groups is 1. The summed E-state index contributed by atoms with van der Waals surface area (Å²) in [6.45, 7) is 1.43. The van der Waals surface area contributed by atoms with Crippen molar-refractivity contribution < 1.29 is 9.31 Å². The first-order valence-electron chi connectivity index (χ1n) is 5.64. The Morgan fingerprint density at radius 2 is 2.14 bits per heavy atom. The van der Waals surface area contributed by atoms with E-state index in [1.165, 1.54) is 19.1 Å². The first-order chi connectivity index (χ1) is 9.92. The molecule has 0 fully saturated rings. The first kappa shape index (κ1) is 15.1. The molecular weight excluding hydrogens is 347 g/mol. The Hall–Kier alpha value is -2.33. The number of nitrogens with two attached hydrogens (primary N) is 1. The fourth-order valence-electron chi connectivity index (χ4n) is 1.66. The molecule has 0 bridgehead atoms. The molecule has 8 nitrogen and oxygen atoms in total. The van der Waals surface area contributed by atoms with Gasteiger partial charge in [0.25, 0.3) is 0 Å². The Bertz CT molecular complexity index is 711. The van der Waals surface area contributed by atoms with E-state index in [1.54, 1.807) is 6.07 Å². The molecule has 1 aromatic carbocycles. The Balaban J connectivity index is 2.51. The van der Waals surface area contributed by atoms with Crippen molar-refractivity contribution in [1.29, 1.82) is 0 Å². The summed E-state index contributed by atoms with van der Waals surface area (Å²) in [6, 6.07) is 4.24. The molecule has 0 saturated heterocycles. The van der Waals surface area contributed by atoms with Gasteiger partial charge in [-0.3, -0.25) is 15.5 Å². The SMILES string of the molecule is Cc1nc(NN)nc(Nc2ccc(Br)cc2F)c1[N+](=O)[O-]. The third-order valence-electron chi connectivity index (χ3n) is 2.55. The Morgan fingerprint density at radius 3 is 2.71 bits per heavy atom. The number of nitrogens with zero attached hydrogens (tertiary/aromatic N) is 3. The van der Waals surface area contributed by atoms with Gasteiger partial charge in [-0.05, 0) is 25.1 Å². The summed E-state index contributed by atoms with van der Waals surface area (Å²) in [4.78, 5) is 18.1. The molecule has 1 heterocycles. The molecule has 0 aliphatic rings. The highest BCUT2D eigenvalue weighted by Crippen LogP contribution is 2.30.